The van der Waals surface area contributed by atoms with Crippen LogP contribution >= 0.6 is 11.6 Å². The van der Waals surface area contributed by atoms with Gasteiger partial charge in [0.1, 0.15) is 4.90 Å². The van der Waals surface area contributed by atoms with E-state index in [0.29, 0.717) is 0 Å². The highest BCUT2D eigenvalue weighted by atomic mass is 35.5. The average molecular weight is 306 g/mol. The second-order valence-corrected chi connectivity index (χ2v) is 7.06. The van der Waals surface area contributed by atoms with Crippen LogP contribution in [-0.2, 0) is 10.0 Å². The topological polar surface area (TPSA) is 66.4 Å². The molecule has 2 N–H and O–H groups in total. The van der Waals surface area contributed by atoms with Gasteiger partial charge in [0, 0.05) is 6.54 Å². The summed E-state index contributed by atoms with van der Waals surface area (Å²) in [5.41, 5.74) is -1.09. The van der Waals surface area contributed by atoms with Crippen molar-refractivity contribution in [3.05, 3.63) is 29.3 Å². The average Bonchev–Trinajstić information content (AvgIpc) is 2.36. The predicted molar refractivity (Wildman–Crippen MR) is 76.7 cm³/mol. The van der Waals surface area contributed by atoms with Crippen molar-refractivity contribution in [3.8, 4) is 0 Å². The number of nitrogens with one attached hydrogen (secondary N) is 1. The maximum Gasteiger partial charge on any atom is 0.242 e. The van der Waals surface area contributed by atoms with Gasteiger partial charge in [-0.15, -0.1) is 0 Å². The highest BCUT2D eigenvalue weighted by molar-refractivity contribution is 7.89. The monoisotopic (exact) mass is 305 g/mol. The van der Waals surface area contributed by atoms with Crippen LogP contribution < -0.4 is 4.72 Å². The van der Waals surface area contributed by atoms with E-state index in [4.69, 9.17) is 11.6 Å². The van der Waals surface area contributed by atoms with E-state index < -0.39 is 15.6 Å². The van der Waals surface area contributed by atoms with Crippen molar-refractivity contribution in [2.45, 2.75) is 37.7 Å². The molecule has 0 aliphatic carbocycles. The van der Waals surface area contributed by atoms with Gasteiger partial charge in [-0.1, -0.05) is 44.0 Å². The molecule has 0 aromatic heterocycles. The van der Waals surface area contributed by atoms with Crippen LogP contribution in [0.3, 0.4) is 0 Å². The first-order valence-corrected chi connectivity index (χ1v) is 8.03. The fourth-order valence-electron chi connectivity index (χ4n) is 1.60. The Morgan fingerprint density at radius 1 is 1.42 bits per heavy atom. The maximum absolute atomic E-state index is 12.1. The van der Waals surface area contributed by atoms with Crippen LogP contribution in [-0.4, -0.2) is 25.7 Å². The van der Waals surface area contributed by atoms with Crippen molar-refractivity contribution in [3.63, 3.8) is 0 Å². The lowest BCUT2D eigenvalue weighted by Crippen LogP contribution is -2.45. The Balaban J connectivity index is 2.86. The van der Waals surface area contributed by atoms with E-state index in [2.05, 4.69) is 4.72 Å². The zero-order chi connectivity index (χ0) is 14.7. The van der Waals surface area contributed by atoms with Crippen LogP contribution in [0.25, 0.3) is 0 Å². The van der Waals surface area contributed by atoms with Gasteiger partial charge < -0.3 is 5.11 Å². The normalized spacial score (nSPS) is 16.9. The lowest BCUT2D eigenvalue weighted by Gasteiger charge is -2.29. The van der Waals surface area contributed by atoms with Crippen LogP contribution in [0.15, 0.2) is 29.2 Å². The molecule has 0 aliphatic rings. The van der Waals surface area contributed by atoms with Crippen molar-refractivity contribution >= 4 is 21.6 Å². The molecule has 19 heavy (non-hydrogen) atoms. The summed E-state index contributed by atoms with van der Waals surface area (Å²) in [5.74, 6) is -0.0126. The van der Waals surface area contributed by atoms with Crippen LogP contribution in [0.5, 0.6) is 0 Å². The van der Waals surface area contributed by atoms with Crippen molar-refractivity contribution in [1.29, 1.82) is 0 Å². The first-order chi connectivity index (χ1) is 8.70. The minimum absolute atomic E-state index is 0.0126. The minimum atomic E-state index is -3.71. The summed E-state index contributed by atoms with van der Waals surface area (Å²) in [7, 11) is -3.71. The Hall–Kier alpha value is -0.620. The summed E-state index contributed by atoms with van der Waals surface area (Å²) in [6.45, 7) is 5.40. The number of rotatable bonds is 6. The van der Waals surface area contributed by atoms with E-state index in [1.165, 1.54) is 12.1 Å². The molecule has 0 amide bonds. The molecule has 2 unspecified atom stereocenters. The molecule has 0 saturated heterocycles. The smallest absolute Gasteiger partial charge is 0.242 e. The minimum Gasteiger partial charge on any atom is -0.389 e. The zero-order valence-corrected chi connectivity index (χ0v) is 12.9. The third-order valence-corrected chi connectivity index (χ3v) is 5.32. The SMILES string of the molecule is CCC(C)C(C)(O)CNS(=O)(=O)c1ccccc1Cl. The standard InChI is InChI=1S/C13H20ClNO3S/c1-4-10(2)13(3,16)9-15-19(17,18)12-8-6-5-7-11(12)14/h5-8,10,15-16H,4,9H2,1-3H3. The van der Waals surface area contributed by atoms with E-state index in [-0.39, 0.29) is 22.4 Å². The molecule has 0 bridgehead atoms. The molecule has 0 heterocycles. The summed E-state index contributed by atoms with van der Waals surface area (Å²) in [5, 5.41) is 10.4. The van der Waals surface area contributed by atoms with Crippen LogP contribution in [0, 0.1) is 5.92 Å². The number of hydrogen-bond acceptors (Lipinski definition) is 3. The summed E-state index contributed by atoms with van der Waals surface area (Å²) >= 11 is 5.87. The molecule has 1 rings (SSSR count). The lowest BCUT2D eigenvalue weighted by atomic mass is 9.89. The number of halogens is 1. The fourth-order valence-corrected chi connectivity index (χ4v) is 3.26. The van der Waals surface area contributed by atoms with Crippen molar-refractivity contribution < 1.29 is 13.5 Å². The molecule has 0 fully saturated rings. The van der Waals surface area contributed by atoms with E-state index in [9.17, 15) is 13.5 Å². The summed E-state index contributed by atoms with van der Waals surface area (Å²) in [4.78, 5) is 0.0246. The molecule has 2 atom stereocenters. The van der Waals surface area contributed by atoms with Crippen molar-refractivity contribution in [1.82, 2.24) is 4.72 Å². The number of benzene rings is 1. The van der Waals surface area contributed by atoms with E-state index in [0.717, 1.165) is 6.42 Å². The molecule has 4 nitrogen and oxygen atoms in total. The van der Waals surface area contributed by atoms with E-state index in [1.54, 1.807) is 19.1 Å². The molecule has 0 radical (unpaired) electrons. The van der Waals surface area contributed by atoms with Crippen LogP contribution in [0.4, 0.5) is 0 Å². The van der Waals surface area contributed by atoms with Gasteiger partial charge >= 0.3 is 0 Å². The quantitative estimate of drug-likeness (QED) is 0.848. The van der Waals surface area contributed by atoms with E-state index >= 15 is 0 Å². The fraction of sp³-hybridized carbons (Fsp3) is 0.538. The number of sulfonamides is 1. The molecule has 1 aromatic carbocycles. The van der Waals surface area contributed by atoms with Crippen LogP contribution in [0.1, 0.15) is 27.2 Å². The highest BCUT2D eigenvalue weighted by Crippen LogP contribution is 2.22. The Bertz CT molecular complexity index is 528. The zero-order valence-electron chi connectivity index (χ0n) is 11.4. The Kier molecular flexibility index (Phi) is 5.38. The van der Waals surface area contributed by atoms with Gasteiger partial charge in [0.05, 0.1) is 10.6 Å². The molecule has 108 valence electrons. The van der Waals surface area contributed by atoms with Gasteiger partial charge in [0.15, 0.2) is 0 Å². The van der Waals surface area contributed by atoms with Crippen LogP contribution in [0.2, 0.25) is 5.02 Å². The van der Waals surface area contributed by atoms with Gasteiger partial charge in [-0.05, 0) is 25.0 Å². The largest absolute Gasteiger partial charge is 0.389 e. The van der Waals surface area contributed by atoms with Crippen molar-refractivity contribution in [2.75, 3.05) is 6.54 Å². The summed E-state index contributed by atoms with van der Waals surface area (Å²) in [6, 6.07) is 6.22. The van der Waals surface area contributed by atoms with Gasteiger partial charge in [0.2, 0.25) is 10.0 Å². The highest BCUT2D eigenvalue weighted by Gasteiger charge is 2.29. The lowest BCUT2D eigenvalue weighted by molar-refractivity contribution is 0.0102. The summed E-state index contributed by atoms with van der Waals surface area (Å²) in [6.07, 6.45) is 0.765. The summed E-state index contributed by atoms with van der Waals surface area (Å²) < 4.78 is 26.6. The first kappa shape index (κ1) is 16.4. The number of hydrogen-bond donors (Lipinski definition) is 2. The van der Waals surface area contributed by atoms with Crippen molar-refractivity contribution in [2.24, 2.45) is 5.92 Å². The third-order valence-electron chi connectivity index (χ3n) is 3.42. The second kappa shape index (κ2) is 6.22. The Morgan fingerprint density at radius 2 is 2.00 bits per heavy atom. The Morgan fingerprint density at radius 3 is 2.53 bits per heavy atom. The number of aliphatic hydroxyl groups is 1. The van der Waals surface area contributed by atoms with Gasteiger partial charge in [-0.3, -0.25) is 0 Å². The molecular formula is C13H20ClNO3S. The molecular weight excluding hydrogens is 286 g/mol. The second-order valence-electron chi connectivity index (χ2n) is 4.92. The molecule has 0 saturated carbocycles. The third kappa shape index (κ3) is 4.18. The predicted octanol–water partition coefficient (Wildman–Crippen LogP) is 2.42. The van der Waals surface area contributed by atoms with Gasteiger partial charge in [0.25, 0.3) is 0 Å². The first-order valence-electron chi connectivity index (χ1n) is 6.17. The van der Waals surface area contributed by atoms with Gasteiger partial charge in [-0.25, -0.2) is 13.1 Å². The molecule has 0 spiro atoms. The molecule has 6 heteroatoms. The Labute approximate surface area is 119 Å². The maximum atomic E-state index is 12.1. The molecule has 1 aromatic rings. The van der Waals surface area contributed by atoms with E-state index in [1.807, 2.05) is 13.8 Å². The molecule has 0 aliphatic heterocycles. The van der Waals surface area contributed by atoms with Gasteiger partial charge in [-0.2, -0.15) is 0 Å².